The number of nitriles is 1. The molecule has 21 heavy (non-hydrogen) atoms. The Morgan fingerprint density at radius 3 is 2.62 bits per heavy atom. The lowest BCUT2D eigenvalue weighted by Gasteiger charge is -2.07. The summed E-state index contributed by atoms with van der Waals surface area (Å²) in [6, 6.07) is 15.2. The normalized spacial score (nSPS) is 10.9. The highest BCUT2D eigenvalue weighted by Crippen LogP contribution is 2.18. The van der Waals surface area contributed by atoms with Gasteiger partial charge in [0, 0.05) is 4.47 Å². The van der Waals surface area contributed by atoms with Crippen molar-refractivity contribution in [3.05, 3.63) is 58.6 Å². The first-order valence-electron chi connectivity index (χ1n) is 6.12. The van der Waals surface area contributed by atoms with Gasteiger partial charge in [-0.25, -0.2) is 8.42 Å². The highest BCUT2D eigenvalue weighted by molar-refractivity contribution is 9.10. The average Bonchev–Trinajstić information content (AvgIpc) is 2.47. The molecule has 0 bridgehead atoms. The first-order chi connectivity index (χ1) is 10.0. The molecule has 2 aromatic rings. The molecule has 6 heteroatoms. The number of halogens is 1. The summed E-state index contributed by atoms with van der Waals surface area (Å²) in [4.78, 5) is 0.256. The van der Waals surface area contributed by atoms with Crippen LogP contribution in [0, 0.1) is 11.3 Å². The van der Waals surface area contributed by atoms with Crippen molar-refractivity contribution < 1.29 is 13.2 Å². The van der Waals surface area contributed by atoms with E-state index >= 15 is 0 Å². The van der Waals surface area contributed by atoms with Crippen LogP contribution in [0.1, 0.15) is 5.56 Å². The van der Waals surface area contributed by atoms with E-state index in [1.807, 2.05) is 6.07 Å². The minimum Gasteiger partial charge on any atom is -0.492 e. The Bertz CT molecular complexity index is 782. The van der Waals surface area contributed by atoms with Crippen LogP contribution in [0.25, 0.3) is 0 Å². The molecule has 0 N–H and O–H groups in total. The summed E-state index contributed by atoms with van der Waals surface area (Å²) in [5.74, 6) is 0.360. The van der Waals surface area contributed by atoms with E-state index in [-0.39, 0.29) is 17.3 Å². The molecule has 108 valence electrons. The second-order valence-electron chi connectivity index (χ2n) is 4.26. The van der Waals surface area contributed by atoms with Gasteiger partial charge in [0.25, 0.3) is 0 Å². The van der Waals surface area contributed by atoms with Gasteiger partial charge >= 0.3 is 0 Å². The molecule has 0 aliphatic rings. The predicted molar refractivity (Wildman–Crippen MR) is 82.8 cm³/mol. The smallest absolute Gasteiger partial charge is 0.181 e. The van der Waals surface area contributed by atoms with Crippen molar-refractivity contribution in [2.45, 2.75) is 4.90 Å². The largest absolute Gasteiger partial charge is 0.492 e. The van der Waals surface area contributed by atoms with Crippen LogP contribution in [0.15, 0.2) is 57.9 Å². The predicted octanol–water partition coefficient (Wildman–Crippen LogP) is 3.17. The van der Waals surface area contributed by atoms with Gasteiger partial charge in [-0.3, -0.25) is 0 Å². The van der Waals surface area contributed by atoms with E-state index in [0.717, 1.165) is 0 Å². The minimum atomic E-state index is -3.39. The summed E-state index contributed by atoms with van der Waals surface area (Å²) < 4.78 is 30.4. The molecule has 0 aliphatic heterocycles. The summed E-state index contributed by atoms with van der Waals surface area (Å²) in [5, 5.41) is 8.79. The average molecular weight is 366 g/mol. The van der Waals surface area contributed by atoms with Crippen molar-refractivity contribution in [2.75, 3.05) is 12.4 Å². The maximum Gasteiger partial charge on any atom is 0.181 e. The van der Waals surface area contributed by atoms with E-state index in [1.165, 1.54) is 0 Å². The van der Waals surface area contributed by atoms with Gasteiger partial charge in [-0.2, -0.15) is 5.26 Å². The molecule has 0 atom stereocenters. The van der Waals surface area contributed by atoms with Crippen molar-refractivity contribution in [1.82, 2.24) is 0 Å². The molecule has 2 rings (SSSR count). The molecule has 0 unspecified atom stereocenters. The van der Waals surface area contributed by atoms with E-state index in [0.29, 0.717) is 15.8 Å². The lowest BCUT2D eigenvalue weighted by Crippen LogP contribution is -2.14. The molecule has 2 aromatic carbocycles. The third-order valence-electron chi connectivity index (χ3n) is 2.74. The number of hydrogen-bond donors (Lipinski definition) is 0. The molecule has 0 aliphatic carbocycles. The molecule has 4 nitrogen and oxygen atoms in total. The van der Waals surface area contributed by atoms with Crippen LogP contribution in [-0.4, -0.2) is 20.8 Å². The molecule has 0 heterocycles. The number of nitrogens with zero attached hydrogens (tertiary/aromatic N) is 1. The Kier molecular flexibility index (Phi) is 4.99. The van der Waals surface area contributed by atoms with Gasteiger partial charge < -0.3 is 4.74 Å². The van der Waals surface area contributed by atoms with Crippen LogP contribution in [0.4, 0.5) is 0 Å². The molecule has 0 radical (unpaired) electrons. The van der Waals surface area contributed by atoms with Crippen molar-refractivity contribution in [3.8, 4) is 11.8 Å². The van der Waals surface area contributed by atoms with Crippen LogP contribution in [-0.2, 0) is 9.84 Å². The van der Waals surface area contributed by atoms with Crippen molar-refractivity contribution >= 4 is 25.8 Å². The number of rotatable bonds is 5. The van der Waals surface area contributed by atoms with E-state index in [2.05, 4.69) is 15.9 Å². The fourth-order valence-electron chi connectivity index (χ4n) is 1.70. The lowest BCUT2D eigenvalue weighted by atomic mass is 10.2. The van der Waals surface area contributed by atoms with Crippen LogP contribution >= 0.6 is 15.9 Å². The monoisotopic (exact) mass is 365 g/mol. The van der Waals surface area contributed by atoms with Gasteiger partial charge in [-0.05, 0) is 36.4 Å². The number of ether oxygens (including phenoxy) is 1. The minimum absolute atomic E-state index is 0.0315. The van der Waals surface area contributed by atoms with E-state index in [9.17, 15) is 8.42 Å². The molecule has 0 aromatic heterocycles. The third kappa shape index (κ3) is 4.31. The summed E-state index contributed by atoms with van der Waals surface area (Å²) >= 11 is 3.25. The topological polar surface area (TPSA) is 67.2 Å². The standard InChI is InChI=1S/C15H12BrNO3S/c16-13-4-2-6-15(10-13)21(18,19)8-7-20-14-5-1-3-12(9-14)11-17/h1-6,9-10H,7-8H2. The molecule has 0 spiro atoms. The molecule has 0 saturated heterocycles. The second-order valence-corrected chi connectivity index (χ2v) is 7.29. The molecule has 0 saturated carbocycles. The Morgan fingerprint density at radius 1 is 1.14 bits per heavy atom. The van der Waals surface area contributed by atoms with Crippen molar-refractivity contribution in [2.24, 2.45) is 0 Å². The fraction of sp³-hybridized carbons (Fsp3) is 0.133. The molecule has 0 fully saturated rings. The van der Waals surface area contributed by atoms with Gasteiger partial charge in [0.1, 0.15) is 12.4 Å². The summed E-state index contributed by atoms with van der Waals surface area (Å²) in [6.45, 7) is 0.0315. The Morgan fingerprint density at radius 2 is 1.90 bits per heavy atom. The Balaban J connectivity index is 2.01. The number of benzene rings is 2. The molecular formula is C15H12BrNO3S. The third-order valence-corrected chi connectivity index (χ3v) is 4.91. The summed E-state index contributed by atoms with van der Waals surface area (Å²) in [7, 11) is -3.39. The van der Waals surface area contributed by atoms with Crippen LogP contribution in [0.3, 0.4) is 0 Å². The van der Waals surface area contributed by atoms with Crippen LogP contribution < -0.4 is 4.74 Å². The lowest BCUT2D eigenvalue weighted by molar-refractivity contribution is 0.341. The fourth-order valence-corrected chi connectivity index (χ4v) is 3.38. The quantitative estimate of drug-likeness (QED) is 0.815. The van der Waals surface area contributed by atoms with Crippen LogP contribution in [0.2, 0.25) is 0 Å². The first-order valence-corrected chi connectivity index (χ1v) is 8.57. The zero-order valence-electron chi connectivity index (χ0n) is 11.0. The zero-order chi connectivity index (χ0) is 15.3. The first kappa shape index (κ1) is 15.5. The van der Waals surface area contributed by atoms with Gasteiger partial charge in [0.05, 0.1) is 22.3 Å². The van der Waals surface area contributed by atoms with Gasteiger partial charge in [0.2, 0.25) is 0 Å². The van der Waals surface area contributed by atoms with Crippen molar-refractivity contribution in [1.29, 1.82) is 5.26 Å². The number of hydrogen-bond acceptors (Lipinski definition) is 4. The second kappa shape index (κ2) is 6.74. The van der Waals surface area contributed by atoms with E-state index < -0.39 is 9.84 Å². The van der Waals surface area contributed by atoms with Gasteiger partial charge in [-0.1, -0.05) is 28.1 Å². The Hall–Kier alpha value is -1.84. The highest BCUT2D eigenvalue weighted by Gasteiger charge is 2.14. The van der Waals surface area contributed by atoms with Crippen LogP contribution in [0.5, 0.6) is 5.75 Å². The molecular weight excluding hydrogens is 354 g/mol. The van der Waals surface area contributed by atoms with Gasteiger partial charge in [0.15, 0.2) is 9.84 Å². The Labute approximate surface area is 132 Å². The maximum absolute atomic E-state index is 12.1. The maximum atomic E-state index is 12.1. The van der Waals surface area contributed by atoms with Crippen molar-refractivity contribution in [3.63, 3.8) is 0 Å². The SMILES string of the molecule is N#Cc1cccc(OCCS(=O)(=O)c2cccc(Br)c2)c1. The number of sulfone groups is 1. The summed E-state index contributed by atoms with van der Waals surface area (Å²) in [5.41, 5.74) is 0.474. The highest BCUT2D eigenvalue weighted by atomic mass is 79.9. The zero-order valence-corrected chi connectivity index (χ0v) is 13.4. The van der Waals surface area contributed by atoms with Gasteiger partial charge in [-0.15, -0.1) is 0 Å². The molecule has 0 amide bonds. The van der Waals surface area contributed by atoms with E-state index in [1.54, 1.807) is 48.5 Å². The summed E-state index contributed by atoms with van der Waals surface area (Å²) in [6.07, 6.45) is 0. The van der Waals surface area contributed by atoms with E-state index in [4.69, 9.17) is 10.00 Å².